The fourth-order valence-corrected chi connectivity index (χ4v) is 1.80. The van der Waals surface area contributed by atoms with Gasteiger partial charge in [0.25, 0.3) is 5.69 Å². The molecular formula is C11H13FN2O4. The van der Waals surface area contributed by atoms with Gasteiger partial charge in [0, 0.05) is 19.6 Å². The van der Waals surface area contributed by atoms with E-state index in [9.17, 15) is 19.6 Å². The molecule has 0 radical (unpaired) electrons. The molecular weight excluding hydrogens is 243 g/mol. The van der Waals surface area contributed by atoms with Gasteiger partial charge in [-0.15, -0.1) is 0 Å². The molecule has 1 aromatic carbocycles. The summed E-state index contributed by atoms with van der Waals surface area (Å²) in [5.74, 6) is -0.671. The van der Waals surface area contributed by atoms with Gasteiger partial charge in [-0.05, 0) is 12.1 Å². The molecule has 1 unspecified atom stereocenters. The van der Waals surface area contributed by atoms with E-state index < -0.39 is 16.3 Å². The summed E-state index contributed by atoms with van der Waals surface area (Å²) < 4.78 is 18.0. The van der Waals surface area contributed by atoms with Crippen molar-refractivity contribution in [1.82, 2.24) is 0 Å². The summed E-state index contributed by atoms with van der Waals surface area (Å²) in [6.07, 6.45) is 0.467. The van der Waals surface area contributed by atoms with Crippen LogP contribution in [-0.4, -0.2) is 35.4 Å². The molecule has 1 aromatic rings. The van der Waals surface area contributed by atoms with Crippen molar-refractivity contribution in [2.75, 3.05) is 25.1 Å². The number of hydrogen-bond donors (Lipinski definition) is 2. The third kappa shape index (κ3) is 2.74. The van der Waals surface area contributed by atoms with Crippen LogP contribution in [0.4, 0.5) is 15.8 Å². The Hall–Kier alpha value is -1.73. The van der Waals surface area contributed by atoms with Crippen molar-refractivity contribution in [3.05, 3.63) is 34.1 Å². The molecule has 0 bridgehead atoms. The van der Waals surface area contributed by atoms with Crippen LogP contribution in [-0.2, 0) is 4.74 Å². The first-order valence-electron chi connectivity index (χ1n) is 5.48. The minimum atomic E-state index is -1.03. The Balaban J connectivity index is 2.11. The zero-order chi connectivity index (χ0) is 13.2. The highest BCUT2D eigenvalue weighted by atomic mass is 19.1. The van der Waals surface area contributed by atoms with Crippen molar-refractivity contribution >= 4 is 11.4 Å². The number of hydrogen-bond acceptors (Lipinski definition) is 5. The monoisotopic (exact) mass is 256 g/mol. The van der Waals surface area contributed by atoms with Crippen LogP contribution in [0.5, 0.6) is 0 Å². The number of nitrogens with one attached hydrogen (secondary N) is 1. The maximum absolute atomic E-state index is 12.9. The lowest BCUT2D eigenvalue weighted by atomic mass is 10.0. The number of halogens is 1. The summed E-state index contributed by atoms with van der Waals surface area (Å²) in [5, 5.41) is 23.5. The van der Waals surface area contributed by atoms with Crippen molar-refractivity contribution < 1.29 is 19.2 Å². The quantitative estimate of drug-likeness (QED) is 0.626. The second-order valence-corrected chi connectivity index (χ2v) is 4.30. The number of anilines is 1. The van der Waals surface area contributed by atoms with Gasteiger partial charge < -0.3 is 15.2 Å². The fraction of sp³-hybridized carbons (Fsp3) is 0.455. The van der Waals surface area contributed by atoms with Crippen LogP contribution in [0.1, 0.15) is 6.42 Å². The summed E-state index contributed by atoms with van der Waals surface area (Å²) in [5.41, 5.74) is -1.19. The van der Waals surface area contributed by atoms with Crippen LogP contribution in [0.25, 0.3) is 0 Å². The van der Waals surface area contributed by atoms with E-state index >= 15 is 0 Å². The number of nitro benzene ring substituents is 1. The van der Waals surface area contributed by atoms with Gasteiger partial charge in [0.1, 0.15) is 17.1 Å². The lowest BCUT2D eigenvalue weighted by Gasteiger charge is -2.21. The Morgan fingerprint density at radius 3 is 3.00 bits per heavy atom. The molecule has 2 rings (SSSR count). The smallest absolute Gasteiger partial charge is 0.295 e. The highest BCUT2D eigenvalue weighted by Crippen LogP contribution is 2.26. The number of nitrogens with zero attached hydrogens (tertiary/aromatic N) is 1. The number of nitro groups is 1. The summed E-state index contributed by atoms with van der Waals surface area (Å²) in [4.78, 5) is 10.1. The van der Waals surface area contributed by atoms with Gasteiger partial charge in [-0.3, -0.25) is 10.1 Å². The maximum Gasteiger partial charge on any atom is 0.295 e. The molecule has 7 heteroatoms. The molecule has 1 aliphatic heterocycles. The molecule has 0 aliphatic carbocycles. The Morgan fingerprint density at radius 1 is 1.61 bits per heavy atom. The van der Waals surface area contributed by atoms with E-state index in [-0.39, 0.29) is 24.5 Å². The number of benzene rings is 1. The molecule has 1 saturated heterocycles. The average molecular weight is 256 g/mol. The Labute approximate surface area is 103 Å². The molecule has 1 atom stereocenters. The zero-order valence-electron chi connectivity index (χ0n) is 9.56. The van der Waals surface area contributed by atoms with Crippen molar-refractivity contribution in [3.63, 3.8) is 0 Å². The van der Waals surface area contributed by atoms with E-state index in [2.05, 4.69) is 5.32 Å². The van der Waals surface area contributed by atoms with Crippen LogP contribution in [0.2, 0.25) is 0 Å². The van der Waals surface area contributed by atoms with Gasteiger partial charge in [0.15, 0.2) is 0 Å². The third-order valence-electron chi connectivity index (χ3n) is 2.85. The molecule has 1 heterocycles. The van der Waals surface area contributed by atoms with Crippen LogP contribution in [0.15, 0.2) is 18.2 Å². The van der Waals surface area contributed by atoms with Gasteiger partial charge in [0.2, 0.25) is 0 Å². The largest absolute Gasteiger partial charge is 0.386 e. The van der Waals surface area contributed by atoms with Gasteiger partial charge in [0.05, 0.1) is 17.6 Å². The first-order valence-corrected chi connectivity index (χ1v) is 5.48. The minimum absolute atomic E-state index is 0.124. The lowest BCUT2D eigenvalue weighted by Crippen LogP contribution is -2.37. The van der Waals surface area contributed by atoms with Crippen LogP contribution < -0.4 is 5.32 Å². The Morgan fingerprint density at radius 2 is 2.39 bits per heavy atom. The van der Waals surface area contributed by atoms with Crippen molar-refractivity contribution in [2.24, 2.45) is 0 Å². The van der Waals surface area contributed by atoms with E-state index in [4.69, 9.17) is 4.74 Å². The summed E-state index contributed by atoms with van der Waals surface area (Å²) >= 11 is 0. The molecule has 98 valence electrons. The van der Waals surface area contributed by atoms with E-state index in [1.54, 1.807) is 0 Å². The van der Waals surface area contributed by atoms with E-state index in [1.807, 2.05) is 0 Å². The maximum atomic E-state index is 12.9. The van der Waals surface area contributed by atoms with Gasteiger partial charge in [-0.2, -0.15) is 0 Å². The predicted molar refractivity (Wildman–Crippen MR) is 61.9 cm³/mol. The summed E-state index contributed by atoms with van der Waals surface area (Å²) in [7, 11) is 0. The molecule has 18 heavy (non-hydrogen) atoms. The molecule has 1 aliphatic rings. The molecule has 1 fully saturated rings. The van der Waals surface area contributed by atoms with E-state index in [0.29, 0.717) is 13.0 Å². The minimum Gasteiger partial charge on any atom is -0.386 e. The lowest BCUT2D eigenvalue weighted by molar-refractivity contribution is -0.384. The van der Waals surface area contributed by atoms with Crippen LogP contribution >= 0.6 is 0 Å². The molecule has 0 amide bonds. The summed E-state index contributed by atoms with van der Waals surface area (Å²) in [6, 6.07) is 3.26. The molecule has 2 N–H and O–H groups in total. The van der Waals surface area contributed by atoms with Crippen LogP contribution in [0, 0.1) is 15.9 Å². The van der Waals surface area contributed by atoms with Gasteiger partial charge in [-0.25, -0.2) is 4.39 Å². The highest BCUT2D eigenvalue weighted by molar-refractivity contribution is 5.61. The summed E-state index contributed by atoms with van der Waals surface area (Å²) in [6.45, 7) is 0.776. The standard InChI is InChI=1S/C11H13FN2O4/c12-8-1-2-9(10(5-8)14(16)17)13-6-11(15)3-4-18-7-11/h1-2,5,13,15H,3-4,6-7H2. The van der Waals surface area contributed by atoms with Crippen LogP contribution in [0.3, 0.4) is 0 Å². The normalized spacial score (nSPS) is 23.0. The van der Waals surface area contributed by atoms with Gasteiger partial charge >= 0.3 is 0 Å². The molecule has 6 nitrogen and oxygen atoms in total. The van der Waals surface area contributed by atoms with E-state index in [0.717, 1.165) is 12.1 Å². The second kappa shape index (κ2) is 4.87. The Kier molecular flexibility index (Phi) is 3.44. The predicted octanol–water partition coefficient (Wildman–Crippen LogP) is 1.30. The van der Waals surface area contributed by atoms with Crippen molar-refractivity contribution in [3.8, 4) is 0 Å². The SMILES string of the molecule is O=[N+]([O-])c1cc(F)ccc1NCC1(O)CCOC1. The third-order valence-corrected chi connectivity index (χ3v) is 2.85. The molecule has 0 saturated carbocycles. The molecule has 0 aromatic heterocycles. The topological polar surface area (TPSA) is 84.6 Å². The molecule has 0 spiro atoms. The van der Waals surface area contributed by atoms with Crippen molar-refractivity contribution in [2.45, 2.75) is 12.0 Å². The van der Waals surface area contributed by atoms with Crippen molar-refractivity contribution in [1.29, 1.82) is 0 Å². The first-order chi connectivity index (χ1) is 8.50. The average Bonchev–Trinajstić information content (AvgIpc) is 2.75. The zero-order valence-corrected chi connectivity index (χ0v) is 9.56. The second-order valence-electron chi connectivity index (χ2n) is 4.30. The number of aliphatic hydroxyl groups is 1. The number of ether oxygens (including phenoxy) is 1. The fourth-order valence-electron chi connectivity index (χ4n) is 1.80. The first kappa shape index (κ1) is 12.7. The number of rotatable bonds is 4. The highest BCUT2D eigenvalue weighted by Gasteiger charge is 2.32. The van der Waals surface area contributed by atoms with E-state index in [1.165, 1.54) is 6.07 Å². The Bertz CT molecular complexity index is 460. The van der Waals surface area contributed by atoms with Gasteiger partial charge in [-0.1, -0.05) is 0 Å².